The van der Waals surface area contributed by atoms with Crippen LogP contribution in [0.2, 0.25) is 0 Å². The molecule has 0 aliphatic rings. The molecule has 1 unspecified atom stereocenters. The van der Waals surface area contributed by atoms with E-state index in [1.165, 1.54) is 0 Å². The molecule has 62 valence electrons. The molecular formula is C10H12N2. The van der Waals surface area contributed by atoms with Crippen molar-refractivity contribution in [2.24, 2.45) is 5.73 Å². The highest BCUT2D eigenvalue weighted by Crippen LogP contribution is 2.14. The van der Waals surface area contributed by atoms with Crippen molar-refractivity contribution in [3.8, 4) is 0 Å². The standard InChI is InChI=1S/C10H12N2/c1-3-9(11)8-6-5-7-12-10(8)4-2/h3-7,9H,1-2,11H2. The fraction of sp³-hybridized carbons (Fsp3) is 0.100. The second-order valence-corrected chi connectivity index (χ2v) is 2.44. The van der Waals surface area contributed by atoms with Crippen molar-refractivity contribution in [2.75, 3.05) is 0 Å². The van der Waals surface area contributed by atoms with Crippen LogP contribution in [0, 0.1) is 0 Å². The molecule has 0 aliphatic carbocycles. The highest BCUT2D eigenvalue weighted by atomic mass is 14.7. The van der Waals surface area contributed by atoms with E-state index in [2.05, 4.69) is 18.1 Å². The van der Waals surface area contributed by atoms with E-state index >= 15 is 0 Å². The third kappa shape index (κ3) is 1.60. The van der Waals surface area contributed by atoms with Gasteiger partial charge in [-0.25, -0.2) is 0 Å². The Morgan fingerprint density at radius 1 is 1.50 bits per heavy atom. The van der Waals surface area contributed by atoms with Gasteiger partial charge in [0.2, 0.25) is 0 Å². The van der Waals surface area contributed by atoms with Gasteiger partial charge in [-0.15, -0.1) is 6.58 Å². The van der Waals surface area contributed by atoms with Crippen molar-refractivity contribution in [3.05, 3.63) is 48.8 Å². The molecule has 0 amide bonds. The van der Waals surface area contributed by atoms with Gasteiger partial charge in [0.15, 0.2) is 0 Å². The van der Waals surface area contributed by atoms with Crippen molar-refractivity contribution in [1.29, 1.82) is 0 Å². The molecule has 0 radical (unpaired) electrons. The first-order valence-electron chi connectivity index (χ1n) is 3.75. The summed E-state index contributed by atoms with van der Waals surface area (Å²) in [6.45, 7) is 7.28. The van der Waals surface area contributed by atoms with Crippen molar-refractivity contribution in [1.82, 2.24) is 4.98 Å². The zero-order valence-corrected chi connectivity index (χ0v) is 6.90. The van der Waals surface area contributed by atoms with Crippen LogP contribution < -0.4 is 5.73 Å². The lowest BCUT2D eigenvalue weighted by Crippen LogP contribution is -2.08. The summed E-state index contributed by atoms with van der Waals surface area (Å²) in [7, 11) is 0. The van der Waals surface area contributed by atoms with Crippen LogP contribution in [0.15, 0.2) is 37.6 Å². The summed E-state index contributed by atoms with van der Waals surface area (Å²) < 4.78 is 0. The topological polar surface area (TPSA) is 38.9 Å². The molecule has 2 heteroatoms. The van der Waals surface area contributed by atoms with Gasteiger partial charge >= 0.3 is 0 Å². The fourth-order valence-corrected chi connectivity index (χ4v) is 1.01. The highest BCUT2D eigenvalue weighted by Gasteiger charge is 2.04. The van der Waals surface area contributed by atoms with Crippen LogP contribution in [0.5, 0.6) is 0 Å². The first-order chi connectivity index (χ1) is 5.79. The third-order valence-corrected chi connectivity index (χ3v) is 1.68. The Morgan fingerprint density at radius 2 is 2.25 bits per heavy atom. The van der Waals surface area contributed by atoms with Crippen LogP contribution in [0.25, 0.3) is 6.08 Å². The molecule has 1 atom stereocenters. The second kappa shape index (κ2) is 3.83. The summed E-state index contributed by atoms with van der Waals surface area (Å²) in [5.41, 5.74) is 7.55. The molecule has 1 rings (SSSR count). The van der Waals surface area contributed by atoms with Crippen LogP contribution in [-0.2, 0) is 0 Å². The van der Waals surface area contributed by atoms with Gasteiger partial charge < -0.3 is 5.73 Å². The molecule has 0 aliphatic heterocycles. The molecule has 0 bridgehead atoms. The molecular weight excluding hydrogens is 148 g/mol. The van der Waals surface area contributed by atoms with Gasteiger partial charge in [-0.3, -0.25) is 4.98 Å². The van der Waals surface area contributed by atoms with Crippen molar-refractivity contribution >= 4 is 6.08 Å². The number of pyridine rings is 1. The van der Waals surface area contributed by atoms with Crippen LogP contribution in [0.4, 0.5) is 0 Å². The van der Waals surface area contributed by atoms with E-state index in [4.69, 9.17) is 5.73 Å². The van der Waals surface area contributed by atoms with Gasteiger partial charge in [0.25, 0.3) is 0 Å². The minimum atomic E-state index is -0.160. The number of hydrogen-bond donors (Lipinski definition) is 1. The summed E-state index contributed by atoms with van der Waals surface area (Å²) in [4.78, 5) is 4.12. The zero-order valence-electron chi connectivity index (χ0n) is 6.90. The number of hydrogen-bond acceptors (Lipinski definition) is 2. The largest absolute Gasteiger partial charge is 0.321 e. The number of rotatable bonds is 3. The van der Waals surface area contributed by atoms with Crippen LogP contribution in [0.3, 0.4) is 0 Å². The molecule has 1 heterocycles. The van der Waals surface area contributed by atoms with Crippen molar-refractivity contribution in [2.45, 2.75) is 6.04 Å². The zero-order chi connectivity index (χ0) is 8.97. The van der Waals surface area contributed by atoms with E-state index in [0.717, 1.165) is 11.3 Å². The van der Waals surface area contributed by atoms with E-state index in [1.54, 1.807) is 18.3 Å². The van der Waals surface area contributed by atoms with Crippen LogP contribution in [0.1, 0.15) is 17.3 Å². The maximum absolute atomic E-state index is 5.76. The Bertz CT molecular complexity index is 292. The van der Waals surface area contributed by atoms with E-state index in [9.17, 15) is 0 Å². The Kier molecular flexibility index (Phi) is 2.77. The predicted molar refractivity (Wildman–Crippen MR) is 51.5 cm³/mol. The van der Waals surface area contributed by atoms with E-state index in [-0.39, 0.29) is 6.04 Å². The molecule has 2 nitrogen and oxygen atoms in total. The molecule has 1 aromatic rings. The van der Waals surface area contributed by atoms with Gasteiger partial charge in [0.05, 0.1) is 5.69 Å². The maximum atomic E-state index is 5.76. The molecule has 12 heavy (non-hydrogen) atoms. The van der Waals surface area contributed by atoms with Gasteiger partial charge in [0, 0.05) is 12.2 Å². The number of nitrogens with two attached hydrogens (primary N) is 1. The molecule has 0 saturated heterocycles. The first-order valence-corrected chi connectivity index (χ1v) is 3.75. The normalized spacial score (nSPS) is 12.1. The molecule has 1 aromatic heterocycles. The van der Waals surface area contributed by atoms with Gasteiger partial charge in [-0.1, -0.05) is 18.7 Å². The lowest BCUT2D eigenvalue weighted by atomic mass is 10.1. The average molecular weight is 160 g/mol. The lowest BCUT2D eigenvalue weighted by Gasteiger charge is -2.08. The number of nitrogens with zero attached hydrogens (tertiary/aromatic N) is 1. The molecule has 0 saturated carbocycles. The third-order valence-electron chi connectivity index (χ3n) is 1.68. The summed E-state index contributed by atoms with van der Waals surface area (Å²) in [6, 6.07) is 3.62. The minimum Gasteiger partial charge on any atom is -0.321 e. The SMILES string of the molecule is C=Cc1ncccc1C(N)C=C. The Morgan fingerprint density at radius 3 is 2.83 bits per heavy atom. The maximum Gasteiger partial charge on any atom is 0.0674 e. The highest BCUT2D eigenvalue weighted by molar-refractivity contribution is 5.48. The van der Waals surface area contributed by atoms with Crippen molar-refractivity contribution < 1.29 is 0 Å². The first kappa shape index (κ1) is 8.68. The van der Waals surface area contributed by atoms with E-state index in [1.807, 2.05) is 12.1 Å². The summed E-state index contributed by atoms with van der Waals surface area (Å²) in [5.74, 6) is 0. The summed E-state index contributed by atoms with van der Waals surface area (Å²) in [5, 5.41) is 0. The van der Waals surface area contributed by atoms with Crippen LogP contribution in [-0.4, -0.2) is 4.98 Å². The van der Waals surface area contributed by atoms with Gasteiger partial charge in [0.1, 0.15) is 0 Å². The molecule has 0 aromatic carbocycles. The smallest absolute Gasteiger partial charge is 0.0674 e. The fourth-order valence-electron chi connectivity index (χ4n) is 1.01. The van der Waals surface area contributed by atoms with Crippen LogP contribution >= 0.6 is 0 Å². The van der Waals surface area contributed by atoms with Gasteiger partial charge in [-0.05, 0) is 17.7 Å². The average Bonchev–Trinajstić information content (AvgIpc) is 2.16. The second-order valence-electron chi connectivity index (χ2n) is 2.44. The number of aromatic nitrogens is 1. The van der Waals surface area contributed by atoms with Crippen molar-refractivity contribution in [3.63, 3.8) is 0 Å². The minimum absolute atomic E-state index is 0.160. The summed E-state index contributed by atoms with van der Waals surface area (Å²) >= 11 is 0. The Labute approximate surface area is 72.4 Å². The lowest BCUT2D eigenvalue weighted by molar-refractivity contribution is 0.899. The monoisotopic (exact) mass is 160 g/mol. The molecule has 0 fully saturated rings. The molecule has 2 N–H and O–H groups in total. The quantitative estimate of drug-likeness (QED) is 0.686. The predicted octanol–water partition coefficient (Wildman–Crippen LogP) is 1.91. The summed E-state index contributed by atoms with van der Waals surface area (Å²) in [6.07, 6.45) is 5.10. The van der Waals surface area contributed by atoms with Gasteiger partial charge in [-0.2, -0.15) is 0 Å². The Hall–Kier alpha value is -1.41. The Balaban J connectivity index is 3.12. The van der Waals surface area contributed by atoms with E-state index < -0.39 is 0 Å². The van der Waals surface area contributed by atoms with E-state index in [0.29, 0.717) is 0 Å². The molecule has 0 spiro atoms.